The third-order valence-electron chi connectivity index (χ3n) is 2.76. The van der Waals surface area contributed by atoms with E-state index in [2.05, 4.69) is 11.1 Å². The minimum atomic E-state index is -0.660. The summed E-state index contributed by atoms with van der Waals surface area (Å²) in [6.07, 6.45) is 4.77. The van der Waals surface area contributed by atoms with E-state index in [4.69, 9.17) is 0 Å². The van der Waals surface area contributed by atoms with Gasteiger partial charge < -0.3 is 5.11 Å². The van der Waals surface area contributed by atoms with E-state index >= 15 is 0 Å². The Morgan fingerprint density at radius 1 is 1.54 bits per heavy atom. The van der Waals surface area contributed by atoms with Gasteiger partial charge in [-0.25, -0.2) is 0 Å². The van der Waals surface area contributed by atoms with Crippen LogP contribution in [0.2, 0.25) is 0 Å². The number of fused-ring (bicyclic) bond motifs is 1. The molecule has 1 atom stereocenters. The zero-order chi connectivity index (χ0) is 9.47. The lowest BCUT2D eigenvalue weighted by atomic mass is 9.82. The highest BCUT2D eigenvalue weighted by Crippen LogP contribution is 2.33. The molecule has 0 amide bonds. The second-order valence-electron chi connectivity index (χ2n) is 4.13. The fraction of sp³-hybridized carbons (Fsp3) is 0.545. The fourth-order valence-electron chi connectivity index (χ4n) is 2.00. The average Bonchev–Trinajstić information content (AvgIpc) is 2.06. The van der Waals surface area contributed by atoms with Crippen molar-refractivity contribution >= 4 is 0 Å². The Morgan fingerprint density at radius 3 is 3.08 bits per heavy atom. The van der Waals surface area contributed by atoms with Crippen LogP contribution < -0.4 is 0 Å². The number of rotatable bonds is 0. The van der Waals surface area contributed by atoms with E-state index in [1.807, 2.05) is 20.0 Å². The molecule has 13 heavy (non-hydrogen) atoms. The molecule has 0 bridgehead atoms. The number of hydrogen-bond donors (Lipinski definition) is 1. The van der Waals surface area contributed by atoms with Crippen molar-refractivity contribution in [1.29, 1.82) is 0 Å². The van der Waals surface area contributed by atoms with Gasteiger partial charge in [0, 0.05) is 17.5 Å². The van der Waals surface area contributed by atoms with E-state index in [9.17, 15) is 5.11 Å². The first-order chi connectivity index (χ1) is 6.09. The molecule has 0 saturated carbocycles. The Hall–Kier alpha value is -0.890. The van der Waals surface area contributed by atoms with Gasteiger partial charge in [-0.1, -0.05) is 0 Å². The maximum atomic E-state index is 10.1. The van der Waals surface area contributed by atoms with Crippen LogP contribution in [0.25, 0.3) is 0 Å². The summed E-state index contributed by atoms with van der Waals surface area (Å²) in [4.78, 5) is 4.35. The Balaban J connectivity index is 2.55. The molecular weight excluding hydrogens is 162 g/mol. The van der Waals surface area contributed by atoms with Crippen LogP contribution >= 0.6 is 0 Å². The third-order valence-corrected chi connectivity index (χ3v) is 2.76. The number of aryl methyl sites for hydroxylation is 2. The SMILES string of the molecule is Cc1cnc2c(c1)C(C)(O)CCC2. The van der Waals surface area contributed by atoms with Gasteiger partial charge >= 0.3 is 0 Å². The van der Waals surface area contributed by atoms with Crippen LogP contribution in [0.15, 0.2) is 12.3 Å². The summed E-state index contributed by atoms with van der Waals surface area (Å²) in [5.74, 6) is 0. The highest BCUT2D eigenvalue weighted by molar-refractivity contribution is 5.31. The highest BCUT2D eigenvalue weighted by Gasteiger charge is 2.29. The van der Waals surface area contributed by atoms with Gasteiger partial charge in [0.15, 0.2) is 0 Å². The van der Waals surface area contributed by atoms with Gasteiger partial charge in [-0.3, -0.25) is 4.98 Å². The van der Waals surface area contributed by atoms with E-state index in [1.54, 1.807) is 0 Å². The lowest BCUT2D eigenvalue weighted by molar-refractivity contribution is 0.0378. The zero-order valence-electron chi connectivity index (χ0n) is 8.17. The fourth-order valence-corrected chi connectivity index (χ4v) is 2.00. The predicted octanol–water partition coefficient (Wildman–Crippen LogP) is 1.93. The van der Waals surface area contributed by atoms with Crippen molar-refractivity contribution in [1.82, 2.24) is 4.98 Å². The van der Waals surface area contributed by atoms with Gasteiger partial charge in [-0.2, -0.15) is 0 Å². The summed E-state index contributed by atoms with van der Waals surface area (Å²) in [5, 5.41) is 10.1. The smallest absolute Gasteiger partial charge is 0.0886 e. The van der Waals surface area contributed by atoms with Crippen LogP contribution in [0.1, 0.15) is 36.6 Å². The van der Waals surface area contributed by atoms with Crippen molar-refractivity contribution in [2.24, 2.45) is 0 Å². The molecule has 2 rings (SSSR count). The van der Waals surface area contributed by atoms with Crippen LogP contribution in [0.4, 0.5) is 0 Å². The number of hydrogen-bond acceptors (Lipinski definition) is 2. The van der Waals surface area contributed by atoms with Crippen molar-refractivity contribution < 1.29 is 5.11 Å². The van der Waals surface area contributed by atoms with Gasteiger partial charge in [0.1, 0.15) is 0 Å². The van der Waals surface area contributed by atoms with E-state index in [0.717, 1.165) is 36.1 Å². The molecule has 1 aromatic rings. The molecule has 0 aromatic carbocycles. The monoisotopic (exact) mass is 177 g/mol. The normalized spacial score (nSPS) is 27.0. The van der Waals surface area contributed by atoms with Gasteiger partial charge in [-0.05, 0) is 44.7 Å². The summed E-state index contributed by atoms with van der Waals surface area (Å²) in [6.45, 7) is 3.89. The van der Waals surface area contributed by atoms with Crippen molar-refractivity contribution in [3.63, 3.8) is 0 Å². The summed E-state index contributed by atoms with van der Waals surface area (Å²) >= 11 is 0. The molecule has 1 heterocycles. The molecule has 70 valence electrons. The van der Waals surface area contributed by atoms with Crippen molar-refractivity contribution in [2.45, 2.75) is 38.7 Å². The average molecular weight is 177 g/mol. The minimum absolute atomic E-state index is 0.660. The molecular formula is C11H15NO. The van der Waals surface area contributed by atoms with Gasteiger partial charge in [0.05, 0.1) is 5.60 Å². The standard InChI is InChI=1S/C11H15NO/c1-8-6-9-10(12-7-8)4-3-5-11(9,2)13/h6-7,13H,3-5H2,1-2H3. The Bertz CT molecular complexity index is 331. The first-order valence-corrected chi connectivity index (χ1v) is 4.78. The first kappa shape index (κ1) is 8.70. The Kier molecular flexibility index (Phi) is 1.88. The quantitative estimate of drug-likeness (QED) is 0.657. The number of nitrogens with zero attached hydrogens (tertiary/aromatic N) is 1. The largest absolute Gasteiger partial charge is 0.385 e. The predicted molar refractivity (Wildman–Crippen MR) is 51.5 cm³/mol. The second-order valence-corrected chi connectivity index (χ2v) is 4.13. The van der Waals surface area contributed by atoms with E-state index < -0.39 is 5.60 Å². The van der Waals surface area contributed by atoms with Crippen molar-refractivity contribution in [2.75, 3.05) is 0 Å². The van der Waals surface area contributed by atoms with Crippen molar-refractivity contribution in [3.05, 3.63) is 29.1 Å². The zero-order valence-corrected chi connectivity index (χ0v) is 8.17. The molecule has 1 aliphatic rings. The summed E-state index contributed by atoms with van der Waals surface area (Å²) in [5.41, 5.74) is 2.56. The maximum Gasteiger partial charge on any atom is 0.0886 e. The molecule has 1 unspecified atom stereocenters. The molecule has 0 fully saturated rings. The number of pyridine rings is 1. The lowest BCUT2D eigenvalue weighted by Crippen LogP contribution is -2.27. The van der Waals surface area contributed by atoms with Crippen LogP contribution in [-0.4, -0.2) is 10.1 Å². The van der Waals surface area contributed by atoms with Crippen LogP contribution in [0, 0.1) is 6.92 Å². The maximum absolute atomic E-state index is 10.1. The molecule has 2 nitrogen and oxygen atoms in total. The van der Waals surface area contributed by atoms with E-state index in [1.165, 1.54) is 0 Å². The molecule has 0 saturated heterocycles. The molecule has 2 heteroatoms. The lowest BCUT2D eigenvalue weighted by Gasteiger charge is -2.30. The molecule has 0 aliphatic heterocycles. The van der Waals surface area contributed by atoms with Gasteiger partial charge in [-0.15, -0.1) is 0 Å². The van der Waals surface area contributed by atoms with Gasteiger partial charge in [0.2, 0.25) is 0 Å². The number of aromatic nitrogens is 1. The molecule has 0 spiro atoms. The molecule has 1 N–H and O–H groups in total. The van der Waals surface area contributed by atoms with E-state index in [0.29, 0.717) is 0 Å². The minimum Gasteiger partial charge on any atom is -0.385 e. The topological polar surface area (TPSA) is 33.1 Å². The summed E-state index contributed by atoms with van der Waals surface area (Å²) < 4.78 is 0. The summed E-state index contributed by atoms with van der Waals surface area (Å²) in [7, 11) is 0. The number of aliphatic hydroxyl groups is 1. The highest BCUT2D eigenvalue weighted by atomic mass is 16.3. The molecule has 0 radical (unpaired) electrons. The Morgan fingerprint density at radius 2 is 2.31 bits per heavy atom. The molecule has 1 aliphatic carbocycles. The third kappa shape index (κ3) is 1.46. The Labute approximate surface area is 78.6 Å². The van der Waals surface area contributed by atoms with Crippen LogP contribution in [0.3, 0.4) is 0 Å². The molecule has 1 aromatic heterocycles. The van der Waals surface area contributed by atoms with Crippen LogP contribution in [0.5, 0.6) is 0 Å². The second kappa shape index (κ2) is 2.81. The van der Waals surface area contributed by atoms with E-state index in [-0.39, 0.29) is 0 Å². The van der Waals surface area contributed by atoms with Gasteiger partial charge in [0.25, 0.3) is 0 Å². The van der Waals surface area contributed by atoms with Crippen LogP contribution in [-0.2, 0) is 12.0 Å². The summed E-state index contributed by atoms with van der Waals surface area (Å²) in [6, 6.07) is 2.06. The van der Waals surface area contributed by atoms with Crippen molar-refractivity contribution in [3.8, 4) is 0 Å². The first-order valence-electron chi connectivity index (χ1n) is 4.78.